The van der Waals surface area contributed by atoms with E-state index in [0.29, 0.717) is 4.57 Å². The van der Waals surface area contributed by atoms with E-state index < -0.39 is 17.4 Å². The summed E-state index contributed by atoms with van der Waals surface area (Å²) in [5.74, 6) is 0. The Kier molecular flexibility index (Phi) is 2.08. The predicted octanol–water partition coefficient (Wildman–Crippen LogP) is 1.29. The Labute approximate surface area is 87.9 Å². The van der Waals surface area contributed by atoms with Crippen molar-refractivity contribution in [2.75, 3.05) is 0 Å². The molecular weight excluding hydrogens is 223 g/mol. The Hall–Kier alpha value is -1.79. The summed E-state index contributed by atoms with van der Waals surface area (Å²) in [5, 5.41) is 0. The van der Waals surface area contributed by atoms with Crippen LogP contribution in [0.3, 0.4) is 0 Å². The van der Waals surface area contributed by atoms with Crippen LogP contribution in [0.5, 0.6) is 0 Å². The van der Waals surface area contributed by atoms with E-state index >= 15 is 0 Å². The van der Waals surface area contributed by atoms with E-state index in [9.17, 15) is 18.0 Å². The molecule has 0 aromatic carbocycles. The topological polar surface area (TPSA) is 39.8 Å². The molecule has 7 heteroatoms. The fourth-order valence-corrected chi connectivity index (χ4v) is 1.58. The largest absolute Gasteiger partial charge is 0.431 e. The average Bonchev–Trinajstić information content (AvgIpc) is 2.52. The summed E-state index contributed by atoms with van der Waals surface area (Å²) < 4.78 is 39.7. The lowest BCUT2D eigenvalue weighted by Gasteiger charge is -2.11. The van der Waals surface area contributed by atoms with Gasteiger partial charge in [0.1, 0.15) is 11.2 Å². The molecule has 0 aliphatic carbocycles. The third kappa shape index (κ3) is 1.39. The van der Waals surface area contributed by atoms with Crippen molar-refractivity contribution < 1.29 is 13.2 Å². The van der Waals surface area contributed by atoms with Gasteiger partial charge in [0.2, 0.25) is 0 Å². The summed E-state index contributed by atoms with van der Waals surface area (Å²) in [5.41, 5.74) is -1.48. The molecule has 0 atom stereocenters. The quantitative estimate of drug-likeness (QED) is 0.685. The minimum absolute atomic E-state index is 0.0536. The van der Waals surface area contributed by atoms with Crippen molar-refractivity contribution in [2.24, 2.45) is 14.1 Å². The van der Waals surface area contributed by atoms with Gasteiger partial charge in [-0.15, -0.1) is 0 Å². The molecule has 2 rings (SSSR count). The predicted molar refractivity (Wildman–Crippen MR) is 51.0 cm³/mol. The highest BCUT2D eigenvalue weighted by Crippen LogP contribution is 2.29. The van der Waals surface area contributed by atoms with Crippen molar-refractivity contribution in [1.29, 1.82) is 0 Å². The number of rotatable bonds is 0. The van der Waals surface area contributed by atoms with Crippen LogP contribution in [0.25, 0.3) is 11.0 Å². The number of halogens is 3. The molecule has 0 aliphatic heterocycles. The molecule has 2 aromatic heterocycles. The Bertz CT molecular complexity index is 609. The van der Waals surface area contributed by atoms with Gasteiger partial charge in [-0.1, -0.05) is 0 Å². The van der Waals surface area contributed by atoms with Crippen LogP contribution in [0.4, 0.5) is 13.2 Å². The summed E-state index contributed by atoms with van der Waals surface area (Å²) in [6, 6.07) is 0.872. The number of hydrogen-bond donors (Lipinski definition) is 0. The summed E-state index contributed by atoms with van der Waals surface area (Å²) in [6.07, 6.45) is -3.24. The zero-order chi connectivity index (χ0) is 12.1. The first-order chi connectivity index (χ1) is 7.32. The molecule has 16 heavy (non-hydrogen) atoms. The number of aromatic nitrogens is 3. The van der Waals surface area contributed by atoms with Crippen LogP contribution in [-0.2, 0) is 20.3 Å². The van der Waals surface area contributed by atoms with Crippen molar-refractivity contribution in [3.05, 3.63) is 28.4 Å². The number of hydrogen-bond acceptors (Lipinski definition) is 2. The molecule has 0 aliphatic rings. The maximum Gasteiger partial charge on any atom is 0.431 e. The van der Waals surface area contributed by atoms with Crippen LogP contribution in [0.1, 0.15) is 5.69 Å². The molecule has 0 radical (unpaired) electrons. The lowest BCUT2D eigenvalue weighted by Crippen LogP contribution is -2.26. The Morgan fingerprint density at radius 1 is 1.31 bits per heavy atom. The van der Waals surface area contributed by atoms with E-state index in [1.807, 2.05) is 0 Å². The SMILES string of the molecule is Cn1c(C(F)(F)F)cc2ncn(C)c2c1=O. The van der Waals surface area contributed by atoms with Gasteiger partial charge >= 0.3 is 6.18 Å². The second-order valence-electron chi connectivity index (χ2n) is 3.48. The van der Waals surface area contributed by atoms with E-state index in [0.717, 1.165) is 13.1 Å². The third-order valence-electron chi connectivity index (χ3n) is 2.40. The molecule has 4 nitrogen and oxygen atoms in total. The van der Waals surface area contributed by atoms with E-state index in [1.165, 1.54) is 10.9 Å². The van der Waals surface area contributed by atoms with Gasteiger partial charge in [-0.25, -0.2) is 4.98 Å². The highest BCUT2D eigenvalue weighted by atomic mass is 19.4. The summed E-state index contributed by atoms with van der Waals surface area (Å²) in [7, 11) is 2.65. The molecule has 0 fully saturated rings. The molecule has 0 bridgehead atoms. The molecule has 0 spiro atoms. The number of alkyl halides is 3. The molecule has 0 saturated heterocycles. The fraction of sp³-hybridized carbons (Fsp3) is 0.333. The van der Waals surface area contributed by atoms with Gasteiger partial charge in [-0.2, -0.15) is 13.2 Å². The van der Waals surface area contributed by atoms with Crippen LogP contribution < -0.4 is 5.56 Å². The summed E-state index contributed by atoms with van der Waals surface area (Å²) in [6.45, 7) is 0. The monoisotopic (exact) mass is 231 g/mol. The van der Waals surface area contributed by atoms with Crippen molar-refractivity contribution in [1.82, 2.24) is 14.1 Å². The standard InChI is InChI=1S/C9H8F3N3O/c1-14-4-13-5-3-6(9(10,11)12)15(2)8(16)7(5)14/h3-4H,1-2H3. The smallest absolute Gasteiger partial charge is 0.329 e. The summed E-state index contributed by atoms with van der Waals surface area (Å²) in [4.78, 5) is 15.4. The first-order valence-corrected chi connectivity index (χ1v) is 4.40. The molecule has 0 saturated carbocycles. The lowest BCUT2D eigenvalue weighted by atomic mass is 10.3. The van der Waals surface area contributed by atoms with Gasteiger partial charge in [-0.05, 0) is 6.07 Å². The van der Waals surface area contributed by atoms with Gasteiger partial charge in [0, 0.05) is 14.1 Å². The van der Waals surface area contributed by atoms with Gasteiger partial charge in [0.05, 0.1) is 11.8 Å². The molecule has 0 unspecified atom stereocenters. The van der Waals surface area contributed by atoms with Gasteiger partial charge < -0.3 is 9.13 Å². The minimum Gasteiger partial charge on any atom is -0.329 e. The van der Waals surface area contributed by atoms with Gasteiger partial charge in [0.25, 0.3) is 5.56 Å². The van der Waals surface area contributed by atoms with Crippen molar-refractivity contribution in [3.63, 3.8) is 0 Å². The van der Waals surface area contributed by atoms with Crippen LogP contribution >= 0.6 is 0 Å². The molecule has 86 valence electrons. The highest BCUT2D eigenvalue weighted by Gasteiger charge is 2.34. The number of aryl methyl sites for hydroxylation is 1. The van der Waals surface area contributed by atoms with Gasteiger partial charge in [0.15, 0.2) is 0 Å². The zero-order valence-corrected chi connectivity index (χ0v) is 8.54. The van der Waals surface area contributed by atoms with Gasteiger partial charge in [-0.3, -0.25) is 4.79 Å². The van der Waals surface area contributed by atoms with E-state index in [2.05, 4.69) is 4.98 Å². The van der Waals surface area contributed by atoms with Crippen LogP contribution in [0, 0.1) is 0 Å². The maximum atomic E-state index is 12.6. The first kappa shape index (κ1) is 10.7. The zero-order valence-electron chi connectivity index (χ0n) is 8.54. The Balaban J connectivity index is 2.92. The fourth-order valence-electron chi connectivity index (χ4n) is 1.58. The number of nitrogens with zero attached hydrogens (tertiary/aromatic N) is 3. The molecule has 0 N–H and O–H groups in total. The highest BCUT2D eigenvalue weighted by molar-refractivity contribution is 5.74. The van der Waals surface area contributed by atoms with E-state index in [1.54, 1.807) is 7.05 Å². The lowest BCUT2D eigenvalue weighted by molar-refractivity contribution is -0.143. The second kappa shape index (κ2) is 3.10. The number of fused-ring (bicyclic) bond motifs is 1. The van der Waals surface area contributed by atoms with E-state index in [-0.39, 0.29) is 11.0 Å². The number of imidazole rings is 1. The van der Waals surface area contributed by atoms with Crippen molar-refractivity contribution in [3.8, 4) is 0 Å². The second-order valence-corrected chi connectivity index (χ2v) is 3.48. The molecule has 2 aromatic rings. The van der Waals surface area contributed by atoms with Crippen LogP contribution in [0.15, 0.2) is 17.2 Å². The Morgan fingerprint density at radius 2 is 1.94 bits per heavy atom. The molecular formula is C9H8F3N3O. The van der Waals surface area contributed by atoms with E-state index in [4.69, 9.17) is 0 Å². The average molecular weight is 231 g/mol. The molecule has 2 heterocycles. The van der Waals surface area contributed by atoms with Crippen LogP contribution in [-0.4, -0.2) is 14.1 Å². The summed E-state index contributed by atoms with van der Waals surface area (Å²) >= 11 is 0. The number of pyridine rings is 1. The van der Waals surface area contributed by atoms with Crippen LogP contribution in [0.2, 0.25) is 0 Å². The first-order valence-electron chi connectivity index (χ1n) is 4.40. The third-order valence-corrected chi connectivity index (χ3v) is 2.40. The van der Waals surface area contributed by atoms with Crippen molar-refractivity contribution in [2.45, 2.75) is 6.18 Å². The maximum absolute atomic E-state index is 12.6. The normalized spacial score (nSPS) is 12.3. The van der Waals surface area contributed by atoms with Crippen molar-refractivity contribution >= 4 is 11.0 Å². The molecule has 0 amide bonds. The minimum atomic E-state index is -4.56. The Morgan fingerprint density at radius 3 is 2.50 bits per heavy atom.